The van der Waals surface area contributed by atoms with E-state index >= 15 is 0 Å². The molecule has 0 atom stereocenters. The predicted molar refractivity (Wildman–Crippen MR) is 89.6 cm³/mol. The van der Waals surface area contributed by atoms with Gasteiger partial charge in [0.05, 0.1) is 0 Å². The molecular weight excluding hydrogens is 320 g/mol. The number of alkyl halides is 1. The van der Waals surface area contributed by atoms with Crippen LogP contribution in [0.2, 0.25) is 0 Å². The van der Waals surface area contributed by atoms with Crippen LogP contribution in [-0.4, -0.2) is 24.3 Å². The fourth-order valence-electron chi connectivity index (χ4n) is 1.74. The summed E-state index contributed by atoms with van der Waals surface area (Å²) in [5.74, 6) is 1.15. The highest BCUT2D eigenvalue weighted by molar-refractivity contribution is 9.09. The Morgan fingerprint density at radius 1 is 0.947 bits per heavy atom. The molecule has 3 heteroatoms. The number of benzene rings is 1. The van der Waals surface area contributed by atoms with Crippen LogP contribution in [0.3, 0.4) is 0 Å². The lowest BCUT2D eigenvalue weighted by Crippen LogP contribution is -1.98. The Morgan fingerprint density at radius 2 is 1.63 bits per heavy atom. The third-order valence-corrected chi connectivity index (χ3v) is 4.55. The zero-order valence-corrected chi connectivity index (χ0v) is 14.3. The van der Waals surface area contributed by atoms with Crippen molar-refractivity contribution in [3.8, 4) is 0 Å². The van der Waals surface area contributed by atoms with Crippen LogP contribution in [0.1, 0.15) is 37.7 Å². The fraction of sp³-hybridized carbons (Fsp3) is 0.625. The Morgan fingerprint density at radius 3 is 2.37 bits per heavy atom. The molecule has 1 aromatic carbocycles. The largest absolute Gasteiger partial charge is 0.381 e. The van der Waals surface area contributed by atoms with Gasteiger partial charge in [-0.25, -0.2) is 0 Å². The molecule has 1 nitrogen and oxygen atoms in total. The van der Waals surface area contributed by atoms with Gasteiger partial charge in [0.1, 0.15) is 0 Å². The summed E-state index contributed by atoms with van der Waals surface area (Å²) in [6, 6.07) is 8.74. The van der Waals surface area contributed by atoms with E-state index in [0.717, 1.165) is 30.7 Å². The van der Waals surface area contributed by atoms with E-state index in [4.69, 9.17) is 4.74 Å². The molecule has 0 aliphatic carbocycles. The molecule has 0 unspecified atom stereocenters. The van der Waals surface area contributed by atoms with E-state index in [1.165, 1.54) is 36.1 Å². The van der Waals surface area contributed by atoms with Crippen molar-refractivity contribution in [2.75, 3.05) is 24.3 Å². The SMILES string of the molecule is Cc1ccc(SCCCOCCCCCCBr)cc1. The molecule has 0 spiro atoms. The Labute approximate surface area is 130 Å². The molecule has 108 valence electrons. The molecule has 1 rings (SSSR count). The molecule has 0 N–H and O–H groups in total. The average Bonchev–Trinajstić information content (AvgIpc) is 2.43. The van der Waals surface area contributed by atoms with E-state index in [-0.39, 0.29) is 0 Å². The fourth-order valence-corrected chi connectivity index (χ4v) is 2.96. The van der Waals surface area contributed by atoms with Gasteiger partial charge >= 0.3 is 0 Å². The van der Waals surface area contributed by atoms with E-state index < -0.39 is 0 Å². The molecule has 0 bridgehead atoms. The van der Waals surface area contributed by atoms with Crippen molar-refractivity contribution in [1.82, 2.24) is 0 Å². The van der Waals surface area contributed by atoms with Gasteiger partial charge in [0, 0.05) is 29.2 Å². The summed E-state index contributed by atoms with van der Waals surface area (Å²) >= 11 is 5.37. The van der Waals surface area contributed by atoms with Crippen LogP contribution in [0.15, 0.2) is 29.2 Å². The topological polar surface area (TPSA) is 9.23 Å². The minimum Gasteiger partial charge on any atom is -0.381 e. The average molecular weight is 345 g/mol. The predicted octanol–water partition coefficient (Wildman–Crippen LogP) is 5.45. The summed E-state index contributed by atoms with van der Waals surface area (Å²) in [7, 11) is 0. The van der Waals surface area contributed by atoms with Crippen LogP contribution in [-0.2, 0) is 4.74 Å². The van der Waals surface area contributed by atoms with E-state index in [0.29, 0.717) is 0 Å². The second kappa shape index (κ2) is 11.8. The Bertz CT molecular complexity index is 313. The van der Waals surface area contributed by atoms with E-state index in [1.54, 1.807) is 0 Å². The molecule has 0 aliphatic heterocycles. The highest BCUT2D eigenvalue weighted by Crippen LogP contribution is 2.18. The highest BCUT2D eigenvalue weighted by Gasteiger charge is 1.95. The maximum atomic E-state index is 5.65. The molecule has 0 aromatic heterocycles. The molecular formula is C16H25BrOS. The number of ether oxygens (including phenoxy) is 1. The zero-order valence-electron chi connectivity index (χ0n) is 11.9. The van der Waals surface area contributed by atoms with Crippen LogP contribution >= 0.6 is 27.7 Å². The second-order valence-electron chi connectivity index (χ2n) is 4.73. The summed E-state index contributed by atoms with van der Waals surface area (Å²) in [5.41, 5.74) is 1.33. The Hall–Kier alpha value is 0.01000. The maximum absolute atomic E-state index is 5.65. The van der Waals surface area contributed by atoms with Crippen LogP contribution in [0.4, 0.5) is 0 Å². The Balaban J connectivity index is 1.87. The number of hydrogen-bond acceptors (Lipinski definition) is 2. The number of rotatable bonds is 11. The van der Waals surface area contributed by atoms with E-state index in [1.807, 2.05) is 11.8 Å². The van der Waals surface area contributed by atoms with Gasteiger partial charge in [-0.3, -0.25) is 0 Å². The van der Waals surface area contributed by atoms with Crippen LogP contribution in [0.25, 0.3) is 0 Å². The highest BCUT2D eigenvalue weighted by atomic mass is 79.9. The first kappa shape index (κ1) is 17.1. The quantitative estimate of drug-likeness (QED) is 0.300. The molecule has 0 heterocycles. The monoisotopic (exact) mass is 344 g/mol. The van der Waals surface area contributed by atoms with E-state index in [9.17, 15) is 0 Å². The molecule has 0 fully saturated rings. The van der Waals surface area contributed by atoms with Crippen molar-refractivity contribution in [2.45, 2.75) is 43.9 Å². The van der Waals surface area contributed by atoms with Crippen molar-refractivity contribution < 1.29 is 4.74 Å². The number of halogens is 1. The van der Waals surface area contributed by atoms with Gasteiger partial charge in [-0.15, -0.1) is 11.8 Å². The first-order chi connectivity index (χ1) is 9.33. The molecule has 0 aliphatic rings. The number of hydrogen-bond donors (Lipinski definition) is 0. The number of thioether (sulfide) groups is 1. The van der Waals surface area contributed by atoms with Crippen LogP contribution < -0.4 is 0 Å². The summed E-state index contributed by atoms with van der Waals surface area (Å²) in [6.45, 7) is 3.95. The van der Waals surface area contributed by atoms with Gasteiger partial charge in [-0.1, -0.05) is 46.5 Å². The summed E-state index contributed by atoms with van der Waals surface area (Å²) in [6.07, 6.45) is 6.24. The smallest absolute Gasteiger partial charge is 0.0474 e. The molecule has 19 heavy (non-hydrogen) atoms. The third kappa shape index (κ3) is 9.53. The van der Waals surface area contributed by atoms with Gasteiger partial charge in [0.25, 0.3) is 0 Å². The molecule has 1 aromatic rings. The van der Waals surface area contributed by atoms with Crippen LogP contribution in [0, 0.1) is 6.92 Å². The number of aryl methyl sites for hydroxylation is 1. The summed E-state index contributed by atoms with van der Waals surface area (Å²) < 4.78 is 5.65. The van der Waals surface area contributed by atoms with Gasteiger partial charge in [0.15, 0.2) is 0 Å². The Kier molecular flexibility index (Phi) is 10.6. The maximum Gasteiger partial charge on any atom is 0.0474 e. The van der Waals surface area contributed by atoms with Crippen molar-refractivity contribution in [3.63, 3.8) is 0 Å². The lowest BCUT2D eigenvalue weighted by Gasteiger charge is -2.04. The van der Waals surface area contributed by atoms with Crippen molar-refractivity contribution in [3.05, 3.63) is 29.8 Å². The van der Waals surface area contributed by atoms with Gasteiger partial charge in [-0.05, 0) is 38.3 Å². The minimum absolute atomic E-state index is 0.900. The van der Waals surface area contributed by atoms with Crippen molar-refractivity contribution in [2.24, 2.45) is 0 Å². The first-order valence-corrected chi connectivity index (χ1v) is 9.27. The lowest BCUT2D eigenvalue weighted by molar-refractivity contribution is 0.131. The molecule has 0 saturated carbocycles. The summed E-state index contributed by atoms with van der Waals surface area (Å²) in [5, 5.41) is 1.13. The van der Waals surface area contributed by atoms with Gasteiger partial charge in [0.2, 0.25) is 0 Å². The zero-order chi connectivity index (χ0) is 13.8. The minimum atomic E-state index is 0.900. The molecule has 0 amide bonds. The first-order valence-electron chi connectivity index (χ1n) is 7.16. The second-order valence-corrected chi connectivity index (χ2v) is 6.69. The van der Waals surface area contributed by atoms with Crippen molar-refractivity contribution >= 4 is 27.7 Å². The standard InChI is InChI=1S/C16H25BrOS/c1-15-7-9-16(10-8-15)19-14-6-13-18-12-5-3-2-4-11-17/h7-10H,2-6,11-14H2,1H3. The van der Waals surface area contributed by atoms with Crippen molar-refractivity contribution in [1.29, 1.82) is 0 Å². The lowest BCUT2D eigenvalue weighted by atomic mass is 10.2. The van der Waals surface area contributed by atoms with Gasteiger partial charge < -0.3 is 4.74 Å². The molecule has 0 radical (unpaired) electrons. The molecule has 0 saturated heterocycles. The number of unbranched alkanes of at least 4 members (excludes halogenated alkanes) is 3. The van der Waals surface area contributed by atoms with Gasteiger partial charge in [-0.2, -0.15) is 0 Å². The third-order valence-electron chi connectivity index (χ3n) is 2.90. The summed E-state index contributed by atoms with van der Waals surface area (Å²) in [4.78, 5) is 1.36. The van der Waals surface area contributed by atoms with E-state index in [2.05, 4.69) is 47.1 Å². The van der Waals surface area contributed by atoms with Crippen LogP contribution in [0.5, 0.6) is 0 Å². The normalized spacial score (nSPS) is 10.8.